The first-order chi connectivity index (χ1) is 19.8. The third-order valence-corrected chi connectivity index (χ3v) is 7.92. The molecule has 1 aromatic heterocycles. The minimum Gasteiger partial charge on any atom is -0.422 e. The van der Waals surface area contributed by atoms with Gasteiger partial charge in [-0.15, -0.1) is 11.3 Å². The van der Waals surface area contributed by atoms with E-state index in [4.69, 9.17) is 39.5 Å². The Hall–Kier alpha value is -4.21. The second kappa shape index (κ2) is 12.5. The second-order valence-corrected chi connectivity index (χ2v) is 10.9. The van der Waals surface area contributed by atoms with Gasteiger partial charge in [-0.25, -0.2) is 10.2 Å². The van der Waals surface area contributed by atoms with Gasteiger partial charge in [-0.3, -0.25) is 9.59 Å². The number of ether oxygens (including phenoxy) is 1. The molecule has 204 valence electrons. The Labute approximate surface area is 253 Å². The highest BCUT2D eigenvalue weighted by atomic mass is 35.5. The largest absolute Gasteiger partial charge is 0.422 e. The van der Waals surface area contributed by atoms with Gasteiger partial charge in [-0.1, -0.05) is 53.0 Å². The number of hydrogen-bond donors (Lipinski definition) is 2. The van der Waals surface area contributed by atoms with Crippen molar-refractivity contribution in [3.8, 4) is 5.75 Å². The number of carbonyl (C=O) groups excluding carboxylic acids is 3. The van der Waals surface area contributed by atoms with Crippen molar-refractivity contribution in [2.45, 2.75) is 0 Å². The first-order valence-electron chi connectivity index (χ1n) is 12.0. The van der Waals surface area contributed by atoms with Crippen molar-refractivity contribution in [2.24, 2.45) is 5.10 Å². The highest BCUT2D eigenvalue weighted by Crippen LogP contribution is 2.37. The number of carbonyl (C=O) groups is 3. The van der Waals surface area contributed by atoms with Gasteiger partial charge in [0, 0.05) is 36.9 Å². The van der Waals surface area contributed by atoms with Gasteiger partial charge in [-0.05, 0) is 72.8 Å². The zero-order chi connectivity index (χ0) is 28.9. The van der Waals surface area contributed by atoms with Crippen LogP contribution in [0.2, 0.25) is 15.1 Å². The van der Waals surface area contributed by atoms with Crippen LogP contribution >= 0.6 is 46.1 Å². The molecule has 0 unspecified atom stereocenters. The molecule has 5 rings (SSSR count). The number of para-hydroxylation sites is 1. The van der Waals surface area contributed by atoms with E-state index in [0.717, 1.165) is 10.1 Å². The van der Waals surface area contributed by atoms with Gasteiger partial charge in [-0.2, -0.15) is 5.10 Å². The SMILES string of the molecule is O=C(N/N=C\c1ccccc1OC(=O)c1ccc(Cl)cc1)c1ccc(NC(=O)c2sc3cc(Cl)ccc3c2Cl)cc1. The third-order valence-electron chi connectivity index (χ3n) is 5.77. The fourth-order valence-electron chi connectivity index (χ4n) is 3.73. The lowest BCUT2D eigenvalue weighted by Crippen LogP contribution is -2.18. The van der Waals surface area contributed by atoms with Crippen LogP contribution in [0.15, 0.2) is 96.1 Å². The van der Waals surface area contributed by atoms with Gasteiger partial charge >= 0.3 is 5.97 Å². The van der Waals surface area contributed by atoms with Gasteiger partial charge in [0.05, 0.1) is 16.8 Å². The molecule has 0 aliphatic heterocycles. The summed E-state index contributed by atoms with van der Waals surface area (Å²) in [5, 5.41) is 8.95. The molecule has 0 fully saturated rings. The van der Waals surface area contributed by atoms with E-state index in [2.05, 4.69) is 15.8 Å². The molecule has 0 saturated heterocycles. The number of thiophene rings is 1. The van der Waals surface area contributed by atoms with Crippen LogP contribution in [0.1, 0.15) is 36.0 Å². The standard InChI is InChI=1S/C30H18Cl3N3O4S/c31-20-9-5-18(6-10-20)30(39)40-24-4-2-1-3-19(24)16-34-36-28(37)17-7-12-22(13-8-17)35-29(38)27-26(33)23-14-11-21(32)15-25(23)41-27/h1-16H,(H,35,38)(H,36,37)/b34-16-. The highest BCUT2D eigenvalue weighted by molar-refractivity contribution is 7.21. The maximum absolute atomic E-state index is 12.8. The first kappa shape index (κ1) is 28.3. The van der Waals surface area contributed by atoms with Crippen LogP contribution in [0.25, 0.3) is 10.1 Å². The van der Waals surface area contributed by atoms with E-state index >= 15 is 0 Å². The van der Waals surface area contributed by atoms with Crippen molar-refractivity contribution in [2.75, 3.05) is 5.32 Å². The van der Waals surface area contributed by atoms with Gasteiger partial charge < -0.3 is 10.1 Å². The quantitative estimate of drug-likeness (QED) is 0.0830. The van der Waals surface area contributed by atoms with E-state index in [-0.39, 0.29) is 11.7 Å². The van der Waals surface area contributed by atoms with Crippen molar-refractivity contribution in [3.05, 3.63) is 128 Å². The molecule has 0 saturated carbocycles. The molecule has 0 aliphatic carbocycles. The lowest BCUT2D eigenvalue weighted by Gasteiger charge is -2.07. The average Bonchev–Trinajstić information content (AvgIpc) is 3.29. The van der Waals surface area contributed by atoms with Crippen LogP contribution < -0.4 is 15.5 Å². The molecular formula is C30H18Cl3N3O4S. The number of benzene rings is 4. The molecular weight excluding hydrogens is 605 g/mol. The third kappa shape index (κ3) is 6.75. The van der Waals surface area contributed by atoms with Crippen molar-refractivity contribution < 1.29 is 19.1 Å². The van der Waals surface area contributed by atoms with Crippen LogP contribution in [0, 0.1) is 0 Å². The molecule has 2 N–H and O–H groups in total. The number of amides is 2. The number of hydrogen-bond acceptors (Lipinski definition) is 6. The van der Waals surface area contributed by atoms with Crippen molar-refractivity contribution in [3.63, 3.8) is 0 Å². The molecule has 0 aliphatic rings. The normalized spacial score (nSPS) is 11.0. The van der Waals surface area contributed by atoms with Crippen LogP contribution in [-0.4, -0.2) is 24.0 Å². The van der Waals surface area contributed by atoms with Gasteiger partial charge in [0.15, 0.2) is 0 Å². The van der Waals surface area contributed by atoms with E-state index in [9.17, 15) is 14.4 Å². The number of esters is 1. The summed E-state index contributed by atoms with van der Waals surface area (Å²) < 4.78 is 6.29. The number of halogens is 3. The van der Waals surface area contributed by atoms with E-state index in [0.29, 0.717) is 42.3 Å². The monoisotopic (exact) mass is 621 g/mol. The molecule has 11 heteroatoms. The Morgan fingerprint density at radius 2 is 1.46 bits per heavy atom. The summed E-state index contributed by atoms with van der Waals surface area (Å²) in [5.74, 6) is -1.13. The van der Waals surface area contributed by atoms with Crippen LogP contribution in [0.5, 0.6) is 5.75 Å². The van der Waals surface area contributed by atoms with Gasteiger partial charge in [0.2, 0.25) is 0 Å². The van der Waals surface area contributed by atoms with Crippen molar-refractivity contribution >= 4 is 85.9 Å². The fourth-order valence-corrected chi connectivity index (χ4v) is 5.54. The summed E-state index contributed by atoms with van der Waals surface area (Å²) in [6, 6.07) is 24.6. The molecule has 0 bridgehead atoms. The lowest BCUT2D eigenvalue weighted by molar-refractivity contribution is 0.0734. The lowest BCUT2D eigenvalue weighted by atomic mass is 10.2. The maximum atomic E-state index is 12.8. The molecule has 0 atom stereocenters. The summed E-state index contributed by atoms with van der Waals surface area (Å²) in [5.41, 5.74) is 4.06. The Morgan fingerprint density at radius 1 is 0.780 bits per heavy atom. The maximum Gasteiger partial charge on any atom is 0.343 e. The fraction of sp³-hybridized carbons (Fsp3) is 0. The number of hydrazone groups is 1. The predicted octanol–water partition coefficient (Wildman–Crippen LogP) is 8.10. The van der Waals surface area contributed by atoms with Crippen LogP contribution in [0.4, 0.5) is 5.69 Å². The Kier molecular flexibility index (Phi) is 8.66. The number of nitrogens with one attached hydrogen (secondary N) is 2. The van der Waals surface area contributed by atoms with Gasteiger partial charge in [0.1, 0.15) is 10.6 Å². The molecule has 5 aromatic rings. The molecule has 4 aromatic carbocycles. The zero-order valence-corrected chi connectivity index (χ0v) is 23.9. The Bertz CT molecular complexity index is 1800. The summed E-state index contributed by atoms with van der Waals surface area (Å²) in [6.07, 6.45) is 1.37. The van der Waals surface area contributed by atoms with E-state index in [1.54, 1.807) is 91.0 Å². The average molecular weight is 623 g/mol. The summed E-state index contributed by atoms with van der Waals surface area (Å²) in [4.78, 5) is 38.3. The van der Waals surface area contributed by atoms with Crippen molar-refractivity contribution in [1.29, 1.82) is 0 Å². The number of fused-ring (bicyclic) bond motifs is 1. The number of nitrogens with zero attached hydrogens (tertiary/aromatic N) is 1. The molecule has 0 spiro atoms. The summed E-state index contributed by atoms with van der Waals surface area (Å²) >= 11 is 19.6. The molecule has 1 heterocycles. The van der Waals surface area contributed by atoms with Crippen LogP contribution in [0.3, 0.4) is 0 Å². The Morgan fingerprint density at radius 3 is 2.22 bits per heavy atom. The van der Waals surface area contributed by atoms with Gasteiger partial charge in [0.25, 0.3) is 11.8 Å². The van der Waals surface area contributed by atoms with E-state index < -0.39 is 11.9 Å². The highest BCUT2D eigenvalue weighted by Gasteiger charge is 2.18. The molecule has 0 radical (unpaired) electrons. The van der Waals surface area contributed by atoms with E-state index in [1.165, 1.54) is 17.6 Å². The smallest absolute Gasteiger partial charge is 0.343 e. The van der Waals surface area contributed by atoms with Crippen LogP contribution in [-0.2, 0) is 0 Å². The summed E-state index contributed by atoms with van der Waals surface area (Å²) in [6.45, 7) is 0. The molecule has 41 heavy (non-hydrogen) atoms. The first-order valence-corrected chi connectivity index (χ1v) is 13.9. The Balaban J connectivity index is 1.20. The topological polar surface area (TPSA) is 96.9 Å². The predicted molar refractivity (Wildman–Crippen MR) is 164 cm³/mol. The molecule has 2 amide bonds. The number of anilines is 1. The zero-order valence-electron chi connectivity index (χ0n) is 20.9. The molecule has 7 nitrogen and oxygen atoms in total. The number of rotatable bonds is 7. The minimum atomic E-state index is -0.558. The van der Waals surface area contributed by atoms with Crippen molar-refractivity contribution in [1.82, 2.24) is 5.43 Å². The van der Waals surface area contributed by atoms with E-state index in [1.807, 2.05) is 0 Å². The summed E-state index contributed by atoms with van der Waals surface area (Å²) in [7, 11) is 0. The minimum absolute atomic E-state index is 0.271. The second-order valence-electron chi connectivity index (χ2n) is 8.55.